The number of amides is 1. The van der Waals surface area contributed by atoms with Gasteiger partial charge < -0.3 is 13.9 Å². The molecule has 0 aliphatic carbocycles. The molecule has 1 aliphatic rings. The summed E-state index contributed by atoms with van der Waals surface area (Å²) in [4.78, 5) is 13.2. The average molecular weight is 469 g/mol. The van der Waals surface area contributed by atoms with Gasteiger partial charge >= 0.3 is 5.91 Å². The van der Waals surface area contributed by atoms with Gasteiger partial charge in [0.05, 0.1) is 26.0 Å². The molecular formula is C23H21BrN2O4. The van der Waals surface area contributed by atoms with Crippen LogP contribution in [0.2, 0.25) is 0 Å². The number of furan rings is 1. The molecule has 2 aromatic carbocycles. The Kier molecular flexibility index (Phi) is 5.63. The van der Waals surface area contributed by atoms with E-state index in [1.54, 1.807) is 32.4 Å². The minimum Gasteiger partial charge on any atom is -0.497 e. The van der Waals surface area contributed by atoms with E-state index in [1.165, 1.54) is 5.01 Å². The van der Waals surface area contributed by atoms with Gasteiger partial charge in [-0.05, 0) is 52.7 Å². The minimum absolute atomic E-state index is 0.229. The maximum absolute atomic E-state index is 13.2. The first-order chi connectivity index (χ1) is 14.5. The van der Waals surface area contributed by atoms with Crippen molar-refractivity contribution in [2.24, 2.45) is 5.10 Å². The standard InChI is InChI=1S/C23H21BrN2O4/c1-14-4-6-15(7-5-14)20-13-19(16-10-17(28-2)12-18(11-16)29-3)25-26(20)23(27)21-8-9-22(24)30-21/h4-12,20H,13H2,1-3H3/t20-/m1/s1. The number of hydrazone groups is 1. The van der Waals surface area contributed by atoms with Crippen molar-refractivity contribution < 1.29 is 18.7 Å². The fourth-order valence-corrected chi connectivity index (χ4v) is 3.74. The van der Waals surface area contributed by atoms with Crippen LogP contribution in [0.5, 0.6) is 11.5 Å². The molecule has 6 nitrogen and oxygen atoms in total. The Bertz CT molecular complexity index is 1080. The average Bonchev–Trinajstić information content (AvgIpc) is 3.40. The van der Waals surface area contributed by atoms with Gasteiger partial charge in [0.25, 0.3) is 0 Å². The topological polar surface area (TPSA) is 64.3 Å². The van der Waals surface area contributed by atoms with Crippen molar-refractivity contribution in [3.05, 3.63) is 81.7 Å². The van der Waals surface area contributed by atoms with Crippen molar-refractivity contribution in [2.75, 3.05) is 14.2 Å². The van der Waals surface area contributed by atoms with Crippen LogP contribution in [0.4, 0.5) is 0 Å². The molecule has 3 aromatic rings. The van der Waals surface area contributed by atoms with E-state index in [0.717, 1.165) is 22.4 Å². The number of carbonyl (C=O) groups excluding carboxylic acids is 1. The van der Waals surface area contributed by atoms with Crippen LogP contribution >= 0.6 is 15.9 Å². The van der Waals surface area contributed by atoms with Crippen molar-refractivity contribution in [2.45, 2.75) is 19.4 Å². The minimum atomic E-state index is -0.295. The summed E-state index contributed by atoms with van der Waals surface area (Å²) < 4.78 is 16.8. The Hall–Kier alpha value is -3.06. The fraction of sp³-hybridized carbons (Fsp3) is 0.217. The van der Waals surface area contributed by atoms with Gasteiger partial charge in [0.2, 0.25) is 0 Å². The van der Waals surface area contributed by atoms with Crippen molar-refractivity contribution in [1.29, 1.82) is 0 Å². The van der Waals surface area contributed by atoms with E-state index < -0.39 is 0 Å². The first-order valence-corrected chi connectivity index (χ1v) is 10.2. The molecule has 4 rings (SSSR count). The number of hydrogen-bond acceptors (Lipinski definition) is 5. The number of ether oxygens (including phenoxy) is 2. The summed E-state index contributed by atoms with van der Waals surface area (Å²) in [5.74, 6) is 1.26. The molecule has 30 heavy (non-hydrogen) atoms. The van der Waals surface area contributed by atoms with Crippen LogP contribution < -0.4 is 9.47 Å². The number of carbonyl (C=O) groups is 1. The predicted molar refractivity (Wildman–Crippen MR) is 117 cm³/mol. The van der Waals surface area contributed by atoms with E-state index in [4.69, 9.17) is 13.9 Å². The number of aryl methyl sites for hydroxylation is 1. The highest BCUT2D eigenvalue weighted by atomic mass is 79.9. The smallest absolute Gasteiger partial charge is 0.310 e. The summed E-state index contributed by atoms with van der Waals surface area (Å²) in [7, 11) is 3.21. The second kappa shape index (κ2) is 8.36. The van der Waals surface area contributed by atoms with Crippen molar-refractivity contribution >= 4 is 27.5 Å². The number of halogens is 1. The number of nitrogens with zero attached hydrogens (tertiary/aromatic N) is 2. The number of hydrogen-bond donors (Lipinski definition) is 0. The molecule has 1 atom stereocenters. The van der Waals surface area contributed by atoms with Crippen LogP contribution in [0, 0.1) is 6.92 Å². The third kappa shape index (κ3) is 3.98. The Balaban J connectivity index is 1.75. The quantitative estimate of drug-likeness (QED) is 0.505. The van der Waals surface area contributed by atoms with E-state index in [-0.39, 0.29) is 17.7 Å². The van der Waals surface area contributed by atoms with E-state index in [0.29, 0.717) is 22.6 Å². The van der Waals surface area contributed by atoms with Crippen LogP contribution in [-0.2, 0) is 0 Å². The SMILES string of the molecule is COc1cc(OC)cc(C2=NN(C(=O)c3ccc(Br)o3)[C@@H](c3ccc(C)cc3)C2)c1. The fourth-order valence-electron chi connectivity index (χ4n) is 3.44. The number of methoxy groups -OCH3 is 2. The molecular weight excluding hydrogens is 448 g/mol. The van der Waals surface area contributed by atoms with E-state index in [2.05, 4.69) is 21.0 Å². The molecule has 0 spiro atoms. The summed E-state index contributed by atoms with van der Waals surface area (Å²) in [6, 6.07) is 16.8. The van der Waals surface area contributed by atoms with Crippen LogP contribution in [0.25, 0.3) is 0 Å². The summed E-state index contributed by atoms with van der Waals surface area (Å²) in [6.07, 6.45) is 0.563. The molecule has 0 fully saturated rings. The molecule has 1 amide bonds. The van der Waals surface area contributed by atoms with E-state index in [9.17, 15) is 4.79 Å². The Morgan fingerprint density at radius 3 is 2.30 bits per heavy atom. The molecule has 154 valence electrons. The van der Waals surface area contributed by atoms with Crippen molar-refractivity contribution in [3.8, 4) is 11.5 Å². The lowest BCUT2D eigenvalue weighted by atomic mass is 9.97. The zero-order chi connectivity index (χ0) is 21.3. The molecule has 0 saturated heterocycles. The van der Waals surface area contributed by atoms with E-state index >= 15 is 0 Å². The van der Waals surface area contributed by atoms with Gasteiger partial charge in [-0.2, -0.15) is 5.10 Å². The highest BCUT2D eigenvalue weighted by molar-refractivity contribution is 9.10. The third-order valence-electron chi connectivity index (χ3n) is 5.05. The largest absolute Gasteiger partial charge is 0.497 e. The molecule has 0 bridgehead atoms. The molecule has 0 unspecified atom stereocenters. The van der Waals surface area contributed by atoms with Crippen molar-refractivity contribution in [3.63, 3.8) is 0 Å². The van der Waals surface area contributed by atoms with Crippen LogP contribution in [0.15, 0.2) is 68.8 Å². The number of benzene rings is 2. The molecule has 2 heterocycles. The van der Waals surface area contributed by atoms with Gasteiger partial charge in [0.15, 0.2) is 10.4 Å². The summed E-state index contributed by atoms with van der Waals surface area (Å²) in [5.41, 5.74) is 3.78. The maximum Gasteiger partial charge on any atom is 0.310 e. The zero-order valence-electron chi connectivity index (χ0n) is 16.9. The maximum atomic E-state index is 13.2. The Morgan fingerprint density at radius 1 is 1.07 bits per heavy atom. The lowest BCUT2D eigenvalue weighted by molar-refractivity contribution is 0.0677. The second-order valence-electron chi connectivity index (χ2n) is 7.03. The van der Waals surface area contributed by atoms with Gasteiger partial charge in [-0.25, -0.2) is 5.01 Å². The van der Waals surface area contributed by atoms with Gasteiger partial charge in [0.1, 0.15) is 11.5 Å². The Labute approximate surface area is 183 Å². The normalized spacial score (nSPS) is 15.8. The lowest BCUT2D eigenvalue weighted by Crippen LogP contribution is -2.26. The molecule has 0 radical (unpaired) electrons. The van der Waals surface area contributed by atoms with Gasteiger partial charge in [-0.3, -0.25) is 4.79 Å². The Morgan fingerprint density at radius 2 is 1.73 bits per heavy atom. The van der Waals surface area contributed by atoms with Gasteiger partial charge in [0, 0.05) is 18.1 Å². The second-order valence-corrected chi connectivity index (χ2v) is 7.81. The first kappa shape index (κ1) is 20.2. The summed E-state index contributed by atoms with van der Waals surface area (Å²) in [6.45, 7) is 2.03. The molecule has 0 N–H and O–H groups in total. The summed E-state index contributed by atoms with van der Waals surface area (Å²) in [5, 5.41) is 6.19. The van der Waals surface area contributed by atoms with Crippen molar-refractivity contribution in [1.82, 2.24) is 5.01 Å². The van der Waals surface area contributed by atoms with Crippen LogP contribution in [0.1, 0.15) is 39.7 Å². The predicted octanol–water partition coefficient (Wildman–Crippen LogP) is 5.36. The van der Waals surface area contributed by atoms with Gasteiger partial charge in [-0.15, -0.1) is 0 Å². The first-order valence-electron chi connectivity index (χ1n) is 9.45. The van der Waals surface area contributed by atoms with Gasteiger partial charge in [-0.1, -0.05) is 29.8 Å². The molecule has 7 heteroatoms. The number of rotatable bonds is 5. The van der Waals surface area contributed by atoms with Crippen LogP contribution in [0.3, 0.4) is 0 Å². The highest BCUT2D eigenvalue weighted by Crippen LogP contribution is 2.36. The monoisotopic (exact) mass is 468 g/mol. The molecule has 0 saturated carbocycles. The highest BCUT2D eigenvalue weighted by Gasteiger charge is 2.35. The lowest BCUT2D eigenvalue weighted by Gasteiger charge is -2.21. The zero-order valence-corrected chi connectivity index (χ0v) is 18.5. The molecule has 1 aromatic heterocycles. The van der Waals surface area contributed by atoms with E-state index in [1.807, 2.05) is 43.3 Å². The molecule has 1 aliphatic heterocycles. The third-order valence-corrected chi connectivity index (χ3v) is 5.48. The van der Waals surface area contributed by atoms with Crippen LogP contribution in [-0.4, -0.2) is 30.8 Å². The summed E-state index contributed by atoms with van der Waals surface area (Å²) >= 11 is 3.26.